The fourth-order valence-corrected chi connectivity index (χ4v) is 2.91. The van der Waals surface area contributed by atoms with Gasteiger partial charge < -0.3 is 5.32 Å². The van der Waals surface area contributed by atoms with Crippen LogP contribution in [0.4, 0.5) is 13.2 Å². The summed E-state index contributed by atoms with van der Waals surface area (Å²) in [4.78, 5) is 2.25. The maximum Gasteiger partial charge on any atom is 0.417 e. The third-order valence-electron chi connectivity index (χ3n) is 3.67. The number of nitrogens with one attached hydrogen (secondary N) is 1. The number of halogens is 4. The van der Waals surface area contributed by atoms with Crippen LogP contribution in [0.25, 0.3) is 0 Å². The molecule has 2 rings (SSSR count). The lowest BCUT2D eigenvalue weighted by Gasteiger charge is -2.35. The number of piperazine rings is 1. The van der Waals surface area contributed by atoms with Gasteiger partial charge in [0.15, 0.2) is 0 Å². The quantitative estimate of drug-likeness (QED) is 0.848. The van der Waals surface area contributed by atoms with Gasteiger partial charge in [0.2, 0.25) is 0 Å². The fourth-order valence-electron chi connectivity index (χ4n) is 2.62. The summed E-state index contributed by atoms with van der Waals surface area (Å²) in [5.74, 6) is 0. The molecule has 1 aromatic carbocycles. The molecule has 0 bridgehead atoms. The Morgan fingerprint density at radius 3 is 2.52 bits per heavy atom. The largest absolute Gasteiger partial charge is 0.417 e. The number of nitrogens with zero attached hydrogens (tertiary/aromatic N) is 1. The van der Waals surface area contributed by atoms with Crippen molar-refractivity contribution in [3.05, 3.63) is 47.0 Å². The lowest BCUT2D eigenvalue weighted by atomic mass is 9.99. The zero-order valence-corrected chi connectivity index (χ0v) is 12.3. The first-order chi connectivity index (χ1) is 9.93. The normalized spacial score (nSPS) is 18.5. The highest BCUT2D eigenvalue weighted by Gasteiger charge is 2.33. The molecular weight excluding hydrogens is 301 g/mol. The fraction of sp³-hybridized carbons (Fsp3) is 0.467. The van der Waals surface area contributed by atoms with E-state index < -0.39 is 11.7 Å². The van der Waals surface area contributed by atoms with E-state index in [2.05, 4.69) is 16.8 Å². The van der Waals surface area contributed by atoms with E-state index >= 15 is 0 Å². The van der Waals surface area contributed by atoms with Crippen molar-refractivity contribution in [3.8, 4) is 0 Å². The van der Waals surface area contributed by atoms with Gasteiger partial charge in [-0.05, 0) is 24.1 Å². The van der Waals surface area contributed by atoms with Gasteiger partial charge in [-0.15, -0.1) is 6.58 Å². The Labute approximate surface area is 127 Å². The summed E-state index contributed by atoms with van der Waals surface area (Å²) in [5.41, 5.74) is 0.0142. The first-order valence-corrected chi connectivity index (χ1v) is 7.23. The van der Waals surface area contributed by atoms with Crippen LogP contribution in [0.1, 0.15) is 23.6 Å². The van der Waals surface area contributed by atoms with Gasteiger partial charge in [0.25, 0.3) is 0 Å². The third kappa shape index (κ3) is 3.99. The highest BCUT2D eigenvalue weighted by Crippen LogP contribution is 2.37. The van der Waals surface area contributed by atoms with Crippen molar-refractivity contribution < 1.29 is 13.2 Å². The molecule has 0 radical (unpaired) electrons. The highest BCUT2D eigenvalue weighted by molar-refractivity contribution is 6.31. The van der Waals surface area contributed by atoms with Gasteiger partial charge in [0, 0.05) is 32.2 Å². The van der Waals surface area contributed by atoms with E-state index in [4.69, 9.17) is 11.6 Å². The van der Waals surface area contributed by atoms with Crippen LogP contribution in [0.2, 0.25) is 5.02 Å². The van der Waals surface area contributed by atoms with Crippen LogP contribution in [0, 0.1) is 0 Å². The second-order valence-corrected chi connectivity index (χ2v) is 5.47. The van der Waals surface area contributed by atoms with Crippen LogP contribution in [0.15, 0.2) is 30.9 Å². The molecule has 21 heavy (non-hydrogen) atoms. The Balaban J connectivity index is 2.28. The van der Waals surface area contributed by atoms with Crippen LogP contribution >= 0.6 is 11.6 Å². The molecule has 1 atom stereocenters. The molecule has 116 valence electrons. The summed E-state index contributed by atoms with van der Waals surface area (Å²) in [7, 11) is 0. The molecule has 0 saturated carbocycles. The van der Waals surface area contributed by atoms with E-state index in [1.807, 2.05) is 0 Å². The minimum absolute atomic E-state index is 0.0179. The Morgan fingerprint density at radius 2 is 2.00 bits per heavy atom. The zero-order valence-electron chi connectivity index (χ0n) is 11.6. The molecule has 0 amide bonds. The van der Waals surface area contributed by atoms with Gasteiger partial charge >= 0.3 is 6.18 Å². The molecule has 1 aliphatic rings. The molecule has 2 nitrogen and oxygen atoms in total. The summed E-state index contributed by atoms with van der Waals surface area (Å²) in [6.45, 7) is 7.22. The first-order valence-electron chi connectivity index (χ1n) is 6.86. The van der Waals surface area contributed by atoms with Crippen molar-refractivity contribution in [3.63, 3.8) is 0 Å². The average Bonchev–Trinajstić information content (AvgIpc) is 2.44. The van der Waals surface area contributed by atoms with Gasteiger partial charge in [0.1, 0.15) is 0 Å². The Bertz CT molecular complexity index is 496. The van der Waals surface area contributed by atoms with Crippen LogP contribution in [-0.2, 0) is 6.18 Å². The molecule has 0 unspecified atom stereocenters. The van der Waals surface area contributed by atoms with Crippen molar-refractivity contribution in [1.29, 1.82) is 0 Å². The van der Waals surface area contributed by atoms with Gasteiger partial charge in [-0.3, -0.25) is 4.90 Å². The van der Waals surface area contributed by atoms with Gasteiger partial charge in [-0.1, -0.05) is 23.7 Å². The van der Waals surface area contributed by atoms with E-state index in [1.165, 1.54) is 12.1 Å². The number of hydrogen-bond donors (Lipinski definition) is 1. The molecule has 1 saturated heterocycles. The number of alkyl halides is 3. The van der Waals surface area contributed by atoms with Crippen molar-refractivity contribution in [2.24, 2.45) is 0 Å². The summed E-state index contributed by atoms with van der Waals surface area (Å²) < 4.78 is 38.3. The Kier molecular flexibility index (Phi) is 5.30. The second kappa shape index (κ2) is 6.81. The summed E-state index contributed by atoms with van der Waals surface area (Å²) in [6, 6.07) is 4.03. The summed E-state index contributed by atoms with van der Waals surface area (Å²) in [5, 5.41) is 3.02. The third-order valence-corrected chi connectivity index (χ3v) is 3.98. The molecule has 0 aliphatic carbocycles. The zero-order chi connectivity index (χ0) is 15.5. The molecule has 0 spiro atoms. The van der Waals surface area contributed by atoms with E-state index in [0.717, 1.165) is 37.8 Å². The van der Waals surface area contributed by atoms with E-state index in [-0.39, 0.29) is 11.1 Å². The van der Waals surface area contributed by atoms with E-state index in [9.17, 15) is 13.2 Å². The predicted octanol–water partition coefficient (Wildman–Crippen LogP) is 3.88. The van der Waals surface area contributed by atoms with Crippen molar-refractivity contribution in [2.75, 3.05) is 26.2 Å². The number of benzene rings is 1. The lowest BCUT2D eigenvalue weighted by molar-refractivity contribution is -0.137. The van der Waals surface area contributed by atoms with Crippen LogP contribution < -0.4 is 5.32 Å². The average molecular weight is 319 g/mol. The molecule has 1 heterocycles. The minimum atomic E-state index is -4.42. The van der Waals surface area contributed by atoms with Crippen LogP contribution in [0.5, 0.6) is 0 Å². The molecule has 1 aliphatic heterocycles. The minimum Gasteiger partial charge on any atom is -0.314 e. The SMILES string of the molecule is C=CC[C@@H](c1ccc(C(F)(F)F)c(Cl)c1)N1CCNCC1. The van der Waals surface area contributed by atoms with Crippen LogP contribution in [0.3, 0.4) is 0 Å². The second-order valence-electron chi connectivity index (χ2n) is 5.06. The lowest BCUT2D eigenvalue weighted by Crippen LogP contribution is -2.45. The Morgan fingerprint density at radius 1 is 1.33 bits per heavy atom. The molecule has 1 aromatic rings. The summed E-state index contributed by atoms with van der Waals surface area (Å²) in [6.07, 6.45) is -1.95. The number of rotatable bonds is 4. The predicted molar refractivity (Wildman–Crippen MR) is 78.5 cm³/mol. The van der Waals surface area contributed by atoms with E-state index in [1.54, 1.807) is 6.08 Å². The van der Waals surface area contributed by atoms with E-state index in [0.29, 0.717) is 6.42 Å². The van der Waals surface area contributed by atoms with Crippen molar-refractivity contribution in [2.45, 2.75) is 18.6 Å². The van der Waals surface area contributed by atoms with Gasteiger partial charge in [-0.2, -0.15) is 13.2 Å². The maximum atomic E-state index is 12.8. The first kappa shape index (κ1) is 16.3. The monoisotopic (exact) mass is 318 g/mol. The van der Waals surface area contributed by atoms with Crippen LogP contribution in [-0.4, -0.2) is 31.1 Å². The molecule has 1 fully saturated rings. The van der Waals surface area contributed by atoms with Gasteiger partial charge in [0.05, 0.1) is 10.6 Å². The van der Waals surface area contributed by atoms with Crippen molar-refractivity contribution in [1.82, 2.24) is 10.2 Å². The number of hydrogen-bond acceptors (Lipinski definition) is 2. The maximum absolute atomic E-state index is 12.8. The van der Waals surface area contributed by atoms with Gasteiger partial charge in [-0.25, -0.2) is 0 Å². The van der Waals surface area contributed by atoms with Crippen molar-refractivity contribution >= 4 is 11.6 Å². The molecule has 1 N–H and O–H groups in total. The Hall–Kier alpha value is -1.04. The molecule has 0 aromatic heterocycles. The molecule has 6 heteroatoms. The smallest absolute Gasteiger partial charge is 0.314 e. The summed E-state index contributed by atoms with van der Waals surface area (Å²) >= 11 is 5.82. The molecular formula is C15H18ClF3N2. The standard InChI is InChI=1S/C15H18ClF3N2/c1-2-3-14(21-8-6-20-7-9-21)11-4-5-12(13(16)10-11)15(17,18)19/h2,4-5,10,14,20H,1,3,6-9H2/t14-/m0/s1. The highest BCUT2D eigenvalue weighted by atomic mass is 35.5. The topological polar surface area (TPSA) is 15.3 Å².